The van der Waals surface area contributed by atoms with E-state index in [2.05, 4.69) is 27.8 Å². The van der Waals surface area contributed by atoms with Gasteiger partial charge in [0, 0.05) is 28.1 Å². The van der Waals surface area contributed by atoms with Gasteiger partial charge in [-0.3, -0.25) is 0 Å². The molecular formula is C26H13N5. The Hall–Kier alpha value is -4.92. The van der Waals surface area contributed by atoms with Gasteiger partial charge in [0.1, 0.15) is 17.8 Å². The van der Waals surface area contributed by atoms with E-state index in [1.54, 1.807) is 12.1 Å². The van der Waals surface area contributed by atoms with Gasteiger partial charge >= 0.3 is 0 Å². The number of rotatable bonds is 2. The summed E-state index contributed by atoms with van der Waals surface area (Å²) in [6.45, 7) is 0. The summed E-state index contributed by atoms with van der Waals surface area (Å²) in [5.41, 5.74) is 5.47. The summed E-state index contributed by atoms with van der Waals surface area (Å²) in [6.07, 6.45) is 1.41. The van der Waals surface area contributed by atoms with Gasteiger partial charge in [-0.1, -0.05) is 36.4 Å². The van der Waals surface area contributed by atoms with Crippen molar-refractivity contribution in [1.29, 1.82) is 15.8 Å². The highest BCUT2D eigenvalue weighted by Gasteiger charge is 2.18. The van der Waals surface area contributed by atoms with Crippen LogP contribution in [0.2, 0.25) is 0 Å². The number of hydrogen-bond donors (Lipinski definition) is 0. The molecule has 5 aromatic rings. The fourth-order valence-corrected chi connectivity index (χ4v) is 4.02. The molecule has 142 valence electrons. The Morgan fingerprint density at radius 2 is 1.39 bits per heavy atom. The van der Waals surface area contributed by atoms with Crippen molar-refractivity contribution in [3.8, 4) is 35.0 Å². The second-order valence-corrected chi connectivity index (χ2v) is 7.06. The molecule has 0 bridgehead atoms. The van der Waals surface area contributed by atoms with E-state index >= 15 is 0 Å². The lowest BCUT2D eigenvalue weighted by molar-refractivity contribution is 1.17. The molecule has 0 fully saturated rings. The molecule has 0 aliphatic rings. The lowest BCUT2D eigenvalue weighted by Crippen LogP contribution is -1.99. The maximum Gasteiger partial charge on any atom is 0.148 e. The van der Waals surface area contributed by atoms with E-state index in [9.17, 15) is 15.8 Å². The monoisotopic (exact) mass is 395 g/mol. The van der Waals surface area contributed by atoms with Crippen LogP contribution >= 0.6 is 0 Å². The number of aromatic nitrogens is 2. The number of nitriles is 3. The van der Waals surface area contributed by atoms with Crippen molar-refractivity contribution in [2.45, 2.75) is 0 Å². The first kappa shape index (κ1) is 18.1. The Kier molecular flexibility index (Phi) is 4.19. The maximum absolute atomic E-state index is 9.63. The minimum Gasteiger partial charge on any atom is -0.309 e. The van der Waals surface area contributed by atoms with Gasteiger partial charge in [0.15, 0.2) is 0 Å². The van der Waals surface area contributed by atoms with E-state index in [1.165, 1.54) is 6.20 Å². The van der Waals surface area contributed by atoms with E-state index in [4.69, 9.17) is 0 Å². The summed E-state index contributed by atoms with van der Waals surface area (Å²) in [5.74, 6) is 0. The Balaban J connectivity index is 1.91. The molecule has 2 aromatic heterocycles. The van der Waals surface area contributed by atoms with Crippen molar-refractivity contribution in [3.63, 3.8) is 0 Å². The molecule has 31 heavy (non-hydrogen) atoms. The second kappa shape index (κ2) is 7.16. The first-order chi connectivity index (χ1) is 15.2. The lowest BCUT2D eigenvalue weighted by Gasteiger charge is -2.14. The second-order valence-electron chi connectivity index (χ2n) is 7.06. The molecule has 5 nitrogen and oxygen atoms in total. The summed E-state index contributed by atoms with van der Waals surface area (Å²) in [6, 6.07) is 29.6. The van der Waals surface area contributed by atoms with Gasteiger partial charge in [-0.2, -0.15) is 15.8 Å². The van der Waals surface area contributed by atoms with Crippen molar-refractivity contribution >= 4 is 21.8 Å². The zero-order chi connectivity index (χ0) is 21.4. The fraction of sp³-hybridized carbons (Fsp3) is 0. The van der Waals surface area contributed by atoms with Crippen LogP contribution in [-0.4, -0.2) is 9.55 Å². The van der Waals surface area contributed by atoms with Gasteiger partial charge in [-0.25, -0.2) is 4.98 Å². The zero-order valence-corrected chi connectivity index (χ0v) is 16.2. The molecular weight excluding hydrogens is 382 g/mol. The van der Waals surface area contributed by atoms with Crippen LogP contribution in [0.25, 0.3) is 38.6 Å². The topological polar surface area (TPSA) is 89.2 Å². The van der Waals surface area contributed by atoms with E-state index in [0.717, 1.165) is 33.1 Å². The molecule has 0 amide bonds. The minimum atomic E-state index is 0.263. The van der Waals surface area contributed by atoms with Gasteiger partial charge in [-0.15, -0.1) is 0 Å². The highest BCUT2D eigenvalue weighted by Crippen LogP contribution is 2.37. The Bertz CT molecular complexity index is 1620. The molecule has 0 aliphatic heterocycles. The normalized spacial score (nSPS) is 10.5. The number of benzene rings is 3. The predicted octanol–water partition coefficient (Wildman–Crippen LogP) is 5.46. The molecule has 0 aliphatic carbocycles. The summed E-state index contributed by atoms with van der Waals surface area (Å²) < 4.78 is 2.13. The molecule has 0 atom stereocenters. The SMILES string of the molecule is N#Cc1cnc(C#N)c(-c2ccccc2-n2c3ccccc3c3cc(C#N)ccc32)c1. The number of para-hydroxylation sites is 2. The Morgan fingerprint density at radius 3 is 2.19 bits per heavy atom. The number of fused-ring (bicyclic) bond motifs is 3. The van der Waals surface area contributed by atoms with E-state index < -0.39 is 0 Å². The Morgan fingerprint density at radius 1 is 0.645 bits per heavy atom. The molecule has 0 spiro atoms. The molecule has 0 saturated carbocycles. The van der Waals surface area contributed by atoms with Crippen LogP contribution in [0.1, 0.15) is 16.8 Å². The standard InChI is InChI=1S/C26H13N5/c27-13-17-9-10-26-22(11-17)20-6-2-4-8-25(20)31(26)24-7-3-1-5-19(24)21-12-18(14-28)16-30-23(21)15-29/h1-12,16H. The number of nitrogens with zero attached hydrogens (tertiary/aromatic N) is 5. The van der Waals surface area contributed by atoms with Gasteiger partial charge in [0.2, 0.25) is 0 Å². The van der Waals surface area contributed by atoms with Crippen molar-refractivity contribution in [1.82, 2.24) is 9.55 Å². The van der Waals surface area contributed by atoms with Crippen molar-refractivity contribution in [3.05, 3.63) is 95.8 Å². The maximum atomic E-state index is 9.63. The number of pyridine rings is 1. The van der Waals surface area contributed by atoms with Crippen molar-refractivity contribution in [2.24, 2.45) is 0 Å². The number of hydrogen-bond acceptors (Lipinski definition) is 4. The summed E-state index contributed by atoms with van der Waals surface area (Å²) >= 11 is 0. The third kappa shape index (κ3) is 2.80. The minimum absolute atomic E-state index is 0.263. The third-order valence-electron chi connectivity index (χ3n) is 5.36. The molecule has 5 rings (SSSR count). The van der Waals surface area contributed by atoms with E-state index in [0.29, 0.717) is 16.7 Å². The van der Waals surface area contributed by atoms with Crippen LogP contribution in [0.3, 0.4) is 0 Å². The van der Waals surface area contributed by atoms with Gasteiger partial charge < -0.3 is 4.57 Å². The van der Waals surface area contributed by atoms with E-state index in [-0.39, 0.29) is 5.69 Å². The molecule has 0 unspecified atom stereocenters. The summed E-state index contributed by atoms with van der Waals surface area (Å²) in [7, 11) is 0. The molecule has 0 N–H and O–H groups in total. The predicted molar refractivity (Wildman–Crippen MR) is 118 cm³/mol. The average molecular weight is 395 g/mol. The van der Waals surface area contributed by atoms with Crippen LogP contribution in [0, 0.1) is 34.0 Å². The van der Waals surface area contributed by atoms with Crippen LogP contribution < -0.4 is 0 Å². The third-order valence-corrected chi connectivity index (χ3v) is 5.36. The van der Waals surface area contributed by atoms with Gasteiger partial charge in [0.25, 0.3) is 0 Å². The zero-order valence-electron chi connectivity index (χ0n) is 16.2. The van der Waals surface area contributed by atoms with Crippen molar-refractivity contribution < 1.29 is 0 Å². The van der Waals surface area contributed by atoms with Gasteiger partial charge in [-0.05, 0) is 36.4 Å². The highest BCUT2D eigenvalue weighted by molar-refractivity contribution is 6.10. The molecule has 0 radical (unpaired) electrons. The fourth-order valence-electron chi connectivity index (χ4n) is 4.02. The quantitative estimate of drug-likeness (QED) is 0.397. The Labute approximate surface area is 178 Å². The molecule has 0 saturated heterocycles. The summed E-state index contributed by atoms with van der Waals surface area (Å²) in [5, 5.41) is 30.4. The lowest BCUT2D eigenvalue weighted by atomic mass is 10.0. The van der Waals surface area contributed by atoms with Crippen LogP contribution in [0.4, 0.5) is 0 Å². The largest absolute Gasteiger partial charge is 0.309 e. The summed E-state index contributed by atoms with van der Waals surface area (Å²) in [4.78, 5) is 4.19. The van der Waals surface area contributed by atoms with Crippen LogP contribution in [-0.2, 0) is 0 Å². The molecule has 2 heterocycles. The molecule has 5 heteroatoms. The van der Waals surface area contributed by atoms with Gasteiger partial charge in [0.05, 0.1) is 33.9 Å². The van der Waals surface area contributed by atoms with Crippen LogP contribution in [0.5, 0.6) is 0 Å². The molecule has 3 aromatic carbocycles. The van der Waals surface area contributed by atoms with E-state index in [1.807, 2.05) is 60.7 Å². The highest BCUT2D eigenvalue weighted by atomic mass is 15.0. The smallest absolute Gasteiger partial charge is 0.148 e. The first-order valence-electron chi connectivity index (χ1n) is 9.58. The first-order valence-corrected chi connectivity index (χ1v) is 9.58. The van der Waals surface area contributed by atoms with Crippen LogP contribution in [0.15, 0.2) is 79.0 Å². The average Bonchev–Trinajstić information content (AvgIpc) is 3.17. The van der Waals surface area contributed by atoms with Crippen molar-refractivity contribution in [2.75, 3.05) is 0 Å².